The molecular formula is C22H25N3O2S. The first-order valence-electron chi connectivity index (χ1n) is 9.89. The molecule has 28 heavy (non-hydrogen) atoms. The number of rotatable bonds is 6. The topological polar surface area (TPSA) is 52.0 Å². The van der Waals surface area contributed by atoms with Gasteiger partial charge in [0, 0.05) is 5.38 Å². The van der Waals surface area contributed by atoms with Crippen LogP contribution in [0, 0.1) is 0 Å². The van der Waals surface area contributed by atoms with Gasteiger partial charge in [0.2, 0.25) is 4.80 Å². The average molecular weight is 396 g/mol. The number of furan rings is 1. The molecule has 146 valence electrons. The van der Waals surface area contributed by atoms with Gasteiger partial charge in [0.1, 0.15) is 11.4 Å². The van der Waals surface area contributed by atoms with Gasteiger partial charge in [-0.2, -0.15) is 5.10 Å². The van der Waals surface area contributed by atoms with Crippen molar-refractivity contribution in [3.8, 4) is 17.2 Å². The van der Waals surface area contributed by atoms with Crippen LogP contribution in [-0.2, 0) is 0 Å². The van der Waals surface area contributed by atoms with Gasteiger partial charge in [-0.3, -0.25) is 4.99 Å². The highest BCUT2D eigenvalue weighted by Gasteiger charge is 2.14. The maximum absolute atomic E-state index is 5.61. The third kappa shape index (κ3) is 4.44. The van der Waals surface area contributed by atoms with Gasteiger partial charge in [-0.1, -0.05) is 19.3 Å². The lowest BCUT2D eigenvalue weighted by Crippen LogP contribution is -2.18. The normalized spacial score (nSPS) is 16.1. The fourth-order valence-electron chi connectivity index (χ4n) is 3.40. The highest BCUT2D eigenvalue weighted by atomic mass is 32.1. The molecule has 1 aromatic carbocycles. The third-order valence-electron chi connectivity index (χ3n) is 4.84. The van der Waals surface area contributed by atoms with Crippen molar-refractivity contribution in [2.45, 2.75) is 45.1 Å². The predicted octanol–water partition coefficient (Wildman–Crippen LogP) is 5.32. The summed E-state index contributed by atoms with van der Waals surface area (Å²) in [6.45, 7) is 2.65. The molecule has 0 saturated heterocycles. The van der Waals surface area contributed by atoms with E-state index in [0.717, 1.165) is 40.4 Å². The van der Waals surface area contributed by atoms with Crippen molar-refractivity contribution in [2.24, 2.45) is 10.1 Å². The van der Waals surface area contributed by atoms with Crippen molar-refractivity contribution in [1.29, 1.82) is 0 Å². The summed E-state index contributed by atoms with van der Waals surface area (Å²) in [7, 11) is 0. The molecule has 0 spiro atoms. The molecule has 6 heteroatoms. The van der Waals surface area contributed by atoms with Gasteiger partial charge in [0.15, 0.2) is 5.76 Å². The van der Waals surface area contributed by atoms with E-state index in [4.69, 9.17) is 19.2 Å². The molecule has 0 unspecified atom stereocenters. The molecule has 2 heterocycles. The van der Waals surface area contributed by atoms with Crippen LogP contribution in [0.5, 0.6) is 5.75 Å². The molecule has 1 fully saturated rings. The van der Waals surface area contributed by atoms with Crippen molar-refractivity contribution in [3.63, 3.8) is 0 Å². The Balaban J connectivity index is 1.66. The Labute approximate surface area is 169 Å². The fraction of sp³-hybridized carbons (Fsp3) is 0.364. The molecule has 4 rings (SSSR count). The standard InChI is InChI=1S/C22H25N3O2S/c1-2-26-19-12-10-17(11-13-19)15-23-25-20(21-9-6-14-27-21)16-28-22(25)24-18-7-4-3-5-8-18/h6,9-16,18H,2-5,7-8H2,1H3. The van der Waals surface area contributed by atoms with Crippen LogP contribution in [0.25, 0.3) is 11.5 Å². The third-order valence-corrected chi connectivity index (χ3v) is 5.67. The van der Waals surface area contributed by atoms with Crippen LogP contribution >= 0.6 is 11.3 Å². The number of thiazole rings is 1. The second-order valence-electron chi connectivity index (χ2n) is 6.86. The van der Waals surface area contributed by atoms with Gasteiger partial charge in [-0.15, -0.1) is 11.3 Å². The Morgan fingerprint density at radius 2 is 2.00 bits per heavy atom. The molecule has 1 aliphatic carbocycles. The van der Waals surface area contributed by atoms with E-state index in [9.17, 15) is 0 Å². The number of hydrogen-bond acceptors (Lipinski definition) is 5. The van der Waals surface area contributed by atoms with E-state index in [1.807, 2.05) is 54.2 Å². The Hall–Kier alpha value is -2.60. The largest absolute Gasteiger partial charge is 0.494 e. The Morgan fingerprint density at radius 3 is 2.71 bits per heavy atom. The fourth-order valence-corrected chi connectivity index (χ4v) is 4.29. The van der Waals surface area contributed by atoms with Crippen molar-refractivity contribution in [2.75, 3.05) is 6.61 Å². The molecular weight excluding hydrogens is 370 g/mol. The van der Waals surface area contributed by atoms with Crippen LogP contribution in [0.2, 0.25) is 0 Å². The van der Waals surface area contributed by atoms with Gasteiger partial charge >= 0.3 is 0 Å². The van der Waals surface area contributed by atoms with E-state index in [1.165, 1.54) is 19.3 Å². The van der Waals surface area contributed by atoms with E-state index < -0.39 is 0 Å². The highest BCUT2D eigenvalue weighted by Crippen LogP contribution is 2.23. The molecule has 5 nitrogen and oxygen atoms in total. The summed E-state index contributed by atoms with van der Waals surface area (Å²) >= 11 is 1.61. The van der Waals surface area contributed by atoms with E-state index >= 15 is 0 Å². The van der Waals surface area contributed by atoms with E-state index in [1.54, 1.807) is 17.6 Å². The quantitative estimate of drug-likeness (QED) is 0.530. The summed E-state index contributed by atoms with van der Waals surface area (Å²) in [6.07, 6.45) is 9.72. The first kappa shape index (κ1) is 18.7. The van der Waals surface area contributed by atoms with E-state index in [-0.39, 0.29) is 0 Å². The van der Waals surface area contributed by atoms with Gasteiger partial charge < -0.3 is 9.15 Å². The predicted molar refractivity (Wildman–Crippen MR) is 113 cm³/mol. The van der Waals surface area contributed by atoms with Crippen LogP contribution in [0.15, 0.2) is 62.6 Å². The number of benzene rings is 1. The Bertz CT molecular complexity index is 962. The minimum absolute atomic E-state index is 0.392. The minimum atomic E-state index is 0.392. The van der Waals surface area contributed by atoms with Crippen molar-refractivity contribution in [3.05, 3.63) is 58.4 Å². The summed E-state index contributed by atoms with van der Waals surface area (Å²) in [5.41, 5.74) is 1.93. The van der Waals surface area contributed by atoms with Gasteiger partial charge in [0.05, 0.1) is 25.1 Å². The summed E-state index contributed by atoms with van der Waals surface area (Å²) in [4.78, 5) is 5.92. The smallest absolute Gasteiger partial charge is 0.206 e. The molecule has 2 aromatic heterocycles. The maximum Gasteiger partial charge on any atom is 0.206 e. The molecule has 0 atom stereocenters. The molecule has 1 saturated carbocycles. The summed E-state index contributed by atoms with van der Waals surface area (Å²) in [5.74, 6) is 1.66. The molecule has 1 aliphatic rings. The minimum Gasteiger partial charge on any atom is -0.494 e. The number of aromatic nitrogens is 1. The van der Waals surface area contributed by atoms with E-state index in [0.29, 0.717) is 12.6 Å². The molecule has 0 bridgehead atoms. The molecule has 0 amide bonds. The first-order chi connectivity index (χ1) is 13.8. The summed E-state index contributed by atoms with van der Waals surface area (Å²) < 4.78 is 13.0. The summed E-state index contributed by atoms with van der Waals surface area (Å²) in [6, 6.07) is 12.2. The molecule has 0 aliphatic heterocycles. The average Bonchev–Trinajstić information content (AvgIpc) is 3.38. The van der Waals surface area contributed by atoms with Crippen LogP contribution in [-0.4, -0.2) is 23.5 Å². The SMILES string of the molecule is CCOc1ccc(C=Nn2c(-c3ccco3)csc2=NC2CCCCC2)cc1. The zero-order chi connectivity index (χ0) is 19.2. The van der Waals surface area contributed by atoms with Crippen LogP contribution in [0.3, 0.4) is 0 Å². The number of nitrogens with zero attached hydrogens (tertiary/aromatic N) is 3. The lowest BCUT2D eigenvalue weighted by molar-refractivity contribution is 0.340. The van der Waals surface area contributed by atoms with Gasteiger partial charge in [0.25, 0.3) is 0 Å². The van der Waals surface area contributed by atoms with Gasteiger partial charge in [-0.05, 0) is 61.7 Å². The number of ether oxygens (including phenoxy) is 1. The van der Waals surface area contributed by atoms with Crippen LogP contribution < -0.4 is 9.54 Å². The molecule has 0 radical (unpaired) electrons. The lowest BCUT2D eigenvalue weighted by atomic mass is 9.96. The lowest BCUT2D eigenvalue weighted by Gasteiger charge is -2.16. The zero-order valence-electron chi connectivity index (χ0n) is 16.1. The zero-order valence-corrected chi connectivity index (χ0v) is 16.9. The van der Waals surface area contributed by atoms with E-state index in [2.05, 4.69) is 5.38 Å². The number of hydrogen-bond donors (Lipinski definition) is 0. The maximum atomic E-state index is 5.61. The first-order valence-corrected chi connectivity index (χ1v) is 10.8. The van der Waals surface area contributed by atoms with Crippen molar-refractivity contribution >= 4 is 17.6 Å². The Morgan fingerprint density at radius 1 is 1.18 bits per heavy atom. The summed E-state index contributed by atoms with van der Waals surface area (Å²) in [5, 5.41) is 6.81. The molecule has 3 aromatic rings. The molecule has 0 N–H and O–H groups in total. The van der Waals surface area contributed by atoms with Crippen LogP contribution in [0.1, 0.15) is 44.6 Å². The van der Waals surface area contributed by atoms with Crippen molar-refractivity contribution < 1.29 is 9.15 Å². The monoisotopic (exact) mass is 395 g/mol. The second-order valence-corrected chi connectivity index (χ2v) is 7.70. The second kappa shape index (κ2) is 9.06. The van der Waals surface area contributed by atoms with Gasteiger partial charge in [-0.25, -0.2) is 4.68 Å². The van der Waals surface area contributed by atoms with Crippen LogP contribution in [0.4, 0.5) is 0 Å². The highest BCUT2D eigenvalue weighted by molar-refractivity contribution is 7.07. The van der Waals surface area contributed by atoms with Crippen molar-refractivity contribution in [1.82, 2.24) is 4.68 Å². The Kier molecular flexibility index (Phi) is 6.07.